The van der Waals surface area contributed by atoms with Gasteiger partial charge >= 0.3 is 0 Å². The molecule has 0 aliphatic heterocycles. The summed E-state index contributed by atoms with van der Waals surface area (Å²) in [5, 5.41) is 20.2. The van der Waals surface area contributed by atoms with Crippen LogP contribution in [0.4, 0.5) is 0 Å². The number of phenols is 2. The van der Waals surface area contributed by atoms with Gasteiger partial charge in [0.2, 0.25) is 0 Å². The number of aryl methyl sites for hydroxylation is 2. The average molecular weight is 441 g/mol. The molecule has 2 aromatic rings. The third-order valence-corrected chi connectivity index (χ3v) is 5.78. The van der Waals surface area contributed by atoms with Gasteiger partial charge in [-0.1, -0.05) is 95.2 Å². The Morgan fingerprint density at radius 1 is 0.406 bits per heavy atom. The van der Waals surface area contributed by atoms with E-state index in [1.807, 2.05) is 24.3 Å². The highest BCUT2D eigenvalue weighted by atomic mass is 16.3. The predicted molar refractivity (Wildman–Crippen MR) is 140 cm³/mol. The fraction of sp³-hybridized carbons (Fsp3) is 0.600. The molecule has 0 aliphatic carbocycles. The molecular formula is C30H48O2. The minimum atomic E-state index is -0.0291. The summed E-state index contributed by atoms with van der Waals surface area (Å²) >= 11 is 0. The molecule has 0 aromatic heterocycles. The number of benzene rings is 2. The first kappa shape index (κ1) is 28.1. The van der Waals surface area contributed by atoms with E-state index in [1.165, 1.54) is 22.3 Å². The fourth-order valence-electron chi connectivity index (χ4n) is 4.84. The molecule has 0 spiro atoms. The summed E-state index contributed by atoms with van der Waals surface area (Å²) in [5.74, 6) is 0.839. The molecule has 0 amide bonds. The van der Waals surface area contributed by atoms with Crippen molar-refractivity contribution in [1.82, 2.24) is 0 Å². The second-order valence-electron chi connectivity index (χ2n) is 13.3. The lowest BCUT2D eigenvalue weighted by atomic mass is 9.73. The molecule has 0 atom stereocenters. The van der Waals surface area contributed by atoms with Gasteiger partial charge in [-0.2, -0.15) is 0 Å². The molecule has 180 valence electrons. The Bertz CT molecular complexity index is 780. The highest BCUT2D eigenvalue weighted by Gasteiger charge is 2.30. The van der Waals surface area contributed by atoms with Gasteiger partial charge in [0.25, 0.3) is 0 Å². The average Bonchev–Trinajstić information content (AvgIpc) is 2.55. The zero-order chi connectivity index (χ0) is 25.4. The Kier molecular flexibility index (Phi) is 8.00. The van der Waals surface area contributed by atoms with Crippen LogP contribution in [0.5, 0.6) is 11.5 Å². The van der Waals surface area contributed by atoms with E-state index in [0.29, 0.717) is 11.5 Å². The predicted octanol–water partition coefficient (Wildman–Crippen LogP) is 8.59. The number of hydrogen-bond acceptors (Lipinski definition) is 2. The lowest BCUT2D eigenvalue weighted by molar-refractivity contribution is 0.434. The lowest BCUT2D eigenvalue weighted by Crippen LogP contribution is -2.23. The molecule has 2 aromatic carbocycles. The number of phenolic OH excluding ortho intramolecular Hbond substituents is 2. The van der Waals surface area contributed by atoms with Gasteiger partial charge in [-0.05, 0) is 69.9 Å². The Morgan fingerprint density at radius 2 is 0.625 bits per heavy atom. The molecule has 0 saturated heterocycles. The molecule has 32 heavy (non-hydrogen) atoms. The third-order valence-electron chi connectivity index (χ3n) is 5.78. The lowest BCUT2D eigenvalue weighted by Gasteiger charge is -2.32. The second-order valence-corrected chi connectivity index (χ2v) is 13.3. The molecule has 0 fully saturated rings. The maximum absolute atomic E-state index is 10.1. The number of rotatable bonds is 0. The van der Waals surface area contributed by atoms with E-state index in [-0.39, 0.29) is 21.7 Å². The van der Waals surface area contributed by atoms with Crippen LogP contribution in [0.15, 0.2) is 24.3 Å². The van der Waals surface area contributed by atoms with Crippen molar-refractivity contribution in [2.75, 3.05) is 0 Å². The van der Waals surface area contributed by atoms with Crippen LogP contribution in [0.1, 0.15) is 116 Å². The van der Waals surface area contributed by atoms with Crippen LogP contribution in [-0.2, 0) is 21.7 Å². The molecule has 0 saturated carbocycles. The minimum Gasteiger partial charge on any atom is -0.508 e. The maximum Gasteiger partial charge on any atom is 0.119 e. The molecular weight excluding hydrogens is 392 g/mol. The van der Waals surface area contributed by atoms with Crippen molar-refractivity contribution in [1.29, 1.82) is 0 Å². The van der Waals surface area contributed by atoms with E-state index in [9.17, 15) is 10.2 Å². The SMILES string of the molecule is Cc1ccc(O)c(C(C)(C)C)c1C(C)(C)C.Cc1ccc(O)c(C(C)(C)C)c1C(C)(C)C. The molecule has 2 nitrogen and oxygen atoms in total. The van der Waals surface area contributed by atoms with Gasteiger partial charge in [-0.25, -0.2) is 0 Å². The van der Waals surface area contributed by atoms with E-state index in [1.54, 1.807) is 0 Å². The van der Waals surface area contributed by atoms with Crippen molar-refractivity contribution in [3.05, 3.63) is 57.6 Å². The van der Waals surface area contributed by atoms with E-state index < -0.39 is 0 Å². The zero-order valence-electron chi connectivity index (χ0n) is 23.2. The molecule has 2 N–H and O–H groups in total. The summed E-state index contributed by atoms with van der Waals surface area (Å²) in [7, 11) is 0. The van der Waals surface area contributed by atoms with Gasteiger partial charge in [0, 0.05) is 11.1 Å². The first-order chi connectivity index (χ1) is 14.1. The van der Waals surface area contributed by atoms with E-state index in [0.717, 1.165) is 11.1 Å². The van der Waals surface area contributed by atoms with Crippen LogP contribution in [0.2, 0.25) is 0 Å². The number of hydrogen-bond donors (Lipinski definition) is 2. The summed E-state index contributed by atoms with van der Waals surface area (Å²) in [6.45, 7) is 30.3. The maximum atomic E-state index is 10.1. The number of aromatic hydroxyl groups is 2. The summed E-state index contributed by atoms with van der Waals surface area (Å²) in [6.07, 6.45) is 0. The Morgan fingerprint density at radius 3 is 0.781 bits per heavy atom. The third kappa shape index (κ3) is 6.53. The van der Waals surface area contributed by atoms with Gasteiger partial charge in [0.05, 0.1) is 0 Å². The Labute approximate surface area is 198 Å². The summed E-state index contributed by atoms with van der Waals surface area (Å²) in [5.41, 5.74) is 7.30. The molecule has 0 unspecified atom stereocenters. The summed E-state index contributed by atoms with van der Waals surface area (Å²) < 4.78 is 0. The molecule has 0 aliphatic rings. The van der Waals surface area contributed by atoms with Crippen molar-refractivity contribution >= 4 is 0 Å². The summed E-state index contributed by atoms with van der Waals surface area (Å²) in [4.78, 5) is 0. The van der Waals surface area contributed by atoms with Crippen molar-refractivity contribution in [2.45, 2.75) is 119 Å². The highest BCUT2D eigenvalue weighted by molar-refractivity contribution is 5.51. The molecule has 0 radical (unpaired) electrons. The minimum absolute atomic E-state index is 0.0291. The van der Waals surface area contributed by atoms with Gasteiger partial charge in [0.1, 0.15) is 11.5 Å². The van der Waals surface area contributed by atoms with Crippen molar-refractivity contribution in [3.8, 4) is 11.5 Å². The van der Waals surface area contributed by atoms with Crippen molar-refractivity contribution < 1.29 is 10.2 Å². The molecule has 0 bridgehead atoms. The van der Waals surface area contributed by atoms with Gasteiger partial charge in [-0.3, -0.25) is 0 Å². The normalized spacial score (nSPS) is 12.9. The zero-order valence-corrected chi connectivity index (χ0v) is 23.2. The Hall–Kier alpha value is -1.96. The van der Waals surface area contributed by atoms with Crippen LogP contribution in [-0.4, -0.2) is 10.2 Å². The van der Waals surface area contributed by atoms with Crippen LogP contribution in [0.25, 0.3) is 0 Å². The van der Waals surface area contributed by atoms with Gasteiger partial charge in [0.15, 0.2) is 0 Å². The monoisotopic (exact) mass is 440 g/mol. The van der Waals surface area contributed by atoms with Crippen LogP contribution in [0.3, 0.4) is 0 Å². The van der Waals surface area contributed by atoms with E-state index in [4.69, 9.17) is 0 Å². The largest absolute Gasteiger partial charge is 0.508 e. The van der Waals surface area contributed by atoms with Gasteiger partial charge in [-0.15, -0.1) is 0 Å². The van der Waals surface area contributed by atoms with Crippen molar-refractivity contribution in [2.24, 2.45) is 0 Å². The standard InChI is InChI=1S/2C15H24O/c2*1-10-8-9-11(16)13(15(5,6)7)12(10)14(2,3)4/h2*8-9,16H,1-7H3. The van der Waals surface area contributed by atoms with Crippen LogP contribution in [0, 0.1) is 13.8 Å². The van der Waals surface area contributed by atoms with Crippen LogP contribution >= 0.6 is 0 Å². The van der Waals surface area contributed by atoms with Gasteiger partial charge < -0.3 is 10.2 Å². The van der Waals surface area contributed by atoms with Crippen molar-refractivity contribution in [3.63, 3.8) is 0 Å². The molecule has 0 heterocycles. The second kappa shape index (κ2) is 9.12. The van der Waals surface area contributed by atoms with E-state index in [2.05, 4.69) is 96.9 Å². The quantitative estimate of drug-likeness (QED) is 0.430. The smallest absolute Gasteiger partial charge is 0.119 e. The molecule has 2 heteroatoms. The first-order valence-corrected chi connectivity index (χ1v) is 11.8. The summed E-state index contributed by atoms with van der Waals surface area (Å²) in [6, 6.07) is 7.63. The Balaban J connectivity index is 0.000000320. The first-order valence-electron chi connectivity index (χ1n) is 11.8. The fourth-order valence-corrected chi connectivity index (χ4v) is 4.84. The highest BCUT2D eigenvalue weighted by Crippen LogP contribution is 2.42. The van der Waals surface area contributed by atoms with Crippen LogP contribution < -0.4 is 0 Å². The van der Waals surface area contributed by atoms with E-state index >= 15 is 0 Å². The topological polar surface area (TPSA) is 40.5 Å². The molecule has 2 rings (SSSR count).